The molecule has 0 saturated carbocycles. The summed E-state index contributed by atoms with van der Waals surface area (Å²) in [5.41, 5.74) is 4.49. The number of para-hydroxylation sites is 2. The van der Waals surface area contributed by atoms with E-state index in [9.17, 15) is 0 Å². The van der Waals surface area contributed by atoms with Gasteiger partial charge in [-0.3, -0.25) is 4.57 Å². The molecule has 0 unspecified atom stereocenters. The lowest BCUT2D eigenvalue weighted by molar-refractivity contribution is 0.668. The second kappa shape index (κ2) is 6.06. The van der Waals surface area contributed by atoms with Gasteiger partial charge in [-0.1, -0.05) is 24.3 Å². The minimum Gasteiger partial charge on any atom is -0.348 e. The van der Waals surface area contributed by atoms with Crippen molar-refractivity contribution in [2.75, 3.05) is 0 Å². The van der Waals surface area contributed by atoms with Gasteiger partial charge in [-0.15, -0.1) is 0 Å². The Hall–Kier alpha value is -2.92. The molecule has 0 bridgehead atoms. The number of aromatic nitrogens is 4. The number of nitrogens with zero attached hydrogens (tertiary/aromatic N) is 3. The minimum atomic E-state index is 0.737. The van der Waals surface area contributed by atoms with Crippen LogP contribution >= 0.6 is 0 Å². The Kier molecular flexibility index (Phi) is 3.62. The molecule has 5 heteroatoms. The molecule has 0 aliphatic heterocycles. The SMILES string of the molecule is c1ccc2c(c1)ncn2-c1ccc(CNCc2ncc[nH]2)cc1. The Labute approximate surface area is 134 Å². The van der Waals surface area contributed by atoms with Gasteiger partial charge in [-0.25, -0.2) is 9.97 Å². The molecule has 114 valence electrons. The van der Waals surface area contributed by atoms with Crippen LogP contribution in [0.15, 0.2) is 67.3 Å². The average molecular weight is 303 g/mol. The monoisotopic (exact) mass is 303 g/mol. The fourth-order valence-electron chi connectivity index (χ4n) is 2.66. The van der Waals surface area contributed by atoms with Crippen LogP contribution in [-0.2, 0) is 13.1 Å². The first-order chi connectivity index (χ1) is 11.4. The number of nitrogens with one attached hydrogen (secondary N) is 2. The van der Waals surface area contributed by atoms with Crippen LogP contribution in [0.5, 0.6) is 0 Å². The van der Waals surface area contributed by atoms with Gasteiger partial charge in [-0.2, -0.15) is 0 Å². The molecule has 5 nitrogen and oxygen atoms in total. The van der Waals surface area contributed by atoms with Gasteiger partial charge in [0.15, 0.2) is 0 Å². The number of hydrogen-bond acceptors (Lipinski definition) is 3. The Morgan fingerprint density at radius 3 is 2.65 bits per heavy atom. The van der Waals surface area contributed by atoms with Crippen molar-refractivity contribution < 1.29 is 0 Å². The van der Waals surface area contributed by atoms with Crippen molar-refractivity contribution in [3.05, 3.63) is 78.6 Å². The average Bonchev–Trinajstić information content (AvgIpc) is 3.25. The van der Waals surface area contributed by atoms with Gasteiger partial charge in [0.05, 0.1) is 17.6 Å². The van der Waals surface area contributed by atoms with Crippen molar-refractivity contribution in [1.82, 2.24) is 24.8 Å². The van der Waals surface area contributed by atoms with Crippen molar-refractivity contribution >= 4 is 11.0 Å². The van der Waals surface area contributed by atoms with Crippen LogP contribution in [0.1, 0.15) is 11.4 Å². The third-order valence-electron chi connectivity index (χ3n) is 3.84. The Bertz CT molecular complexity index is 891. The quantitative estimate of drug-likeness (QED) is 0.596. The van der Waals surface area contributed by atoms with Gasteiger partial charge in [0.25, 0.3) is 0 Å². The zero-order valence-electron chi connectivity index (χ0n) is 12.6. The van der Waals surface area contributed by atoms with Crippen molar-refractivity contribution in [3.63, 3.8) is 0 Å². The van der Waals surface area contributed by atoms with Crippen LogP contribution in [0.25, 0.3) is 16.7 Å². The molecule has 2 aromatic carbocycles. The van der Waals surface area contributed by atoms with Crippen LogP contribution in [0, 0.1) is 0 Å². The van der Waals surface area contributed by atoms with Crippen molar-refractivity contribution in [1.29, 1.82) is 0 Å². The van der Waals surface area contributed by atoms with Crippen LogP contribution in [0.3, 0.4) is 0 Å². The van der Waals surface area contributed by atoms with Gasteiger partial charge < -0.3 is 10.3 Å². The standard InChI is InChI=1S/C18H17N5/c1-2-4-17-16(3-1)22-13-23(17)15-7-5-14(6-8-15)11-19-12-18-20-9-10-21-18/h1-10,13,19H,11-12H2,(H,20,21). The molecule has 0 fully saturated rings. The predicted molar refractivity (Wildman–Crippen MR) is 90.2 cm³/mol. The Balaban J connectivity index is 1.47. The van der Waals surface area contributed by atoms with Crippen LogP contribution < -0.4 is 5.32 Å². The van der Waals surface area contributed by atoms with E-state index in [2.05, 4.69) is 55.2 Å². The maximum Gasteiger partial charge on any atom is 0.120 e. The van der Waals surface area contributed by atoms with Gasteiger partial charge >= 0.3 is 0 Å². The maximum absolute atomic E-state index is 4.44. The van der Waals surface area contributed by atoms with E-state index in [1.165, 1.54) is 5.56 Å². The highest BCUT2D eigenvalue weighted by Gasteiger charge is 2.03. The highest BCUT2D eigenvalue weighted by molar-refractivity contribution is 5.77. The zero-order chi connectivity index (χ0) is 15.5. The highest BCUT2D eigenvalue weighted by Crippen LogP contribution is 2.18. The van der Waals surface area contributed by atoms with Gasteiger partial charge in [0.1, 0.15) is 12.2 Å². The first-order valence-electron chi connectivity index (χ1n) is 7.60. The number of hydrogen-bond donors (Lipinski definition) is 2. The molecule has 0 aliphatic carbocycles. The summed E-state index contributed by atoms with van der Waals surface area (Å²) < 4.78 is 2.11. The van der Waals surface area contributed by atoms with Crippen LogP contribution in [-0.4, -0.2) is 19.5 Å². The third kappa shape index (κ3) is 2.86. The molecular weight excluding hydrogens is 286 g/mol. The molecule has 23 heavy (non-hydrogen) atoms. The lowest BCUT2D eigenvalue weighted by Gasteiger charge is -2.07. The number of H-pyrrole nitrogens is 1. The summed E-state index contributed by atoms with van der Waals surface area (Å²) in [6, 6.07) is 16.7. The smallest absolute Gasteiger partial charge is 0.120 e. The van der Waals surface area contributed by atoms with Crippen LogP contribution in [0.2, 0.25) is 0 Å². The fraction of sp³-hybridized carbons (Fsp3) is 0.111. The van der Waals surface area contributed by atoms with Crippen molar-refractivity contribution in [2.24, 2.45) is 0 Å². The van der Waals surface area contributed by atoms with Gasteiger partial charge in [0.2, 0.25) is 0 Å². The summed E-state index contributed by atoms with van der Waals surface area (Å²) in [4.78, 5) is 11.7. The lowest BCUT2D eigenvalue weighted by Crippen LogP contribution is -2.13. The Morgan fingerprint density at radius 1 is 0.957 bits per heavy atom. The second-order valence-electron chi connectivity index (χ2n) is 5.41. The number of fused-ring (bicyclic) bond motifs is 1. The molecule has 2 heterocycles. The second-order valence-corrected chi connectivity index (χ2v) is 5.41. The molecule has 0 saturated heterocycles. The fourth-order valence-corrected chi connectivity index (χ4v) is 2.66. The number of rotatable bonds is 5. The van der Waals surface area contributed by atoms with E-state index in [0.717, 1.165) is 35.6 Å². The molecule has 4 aromatic rings. The number of aromatic amines is 1. The van der Waals surface area contributed by atoms with Crippen molar-refractivity contribution in [3.8, 4) is 5.69 Å². The van der Waals surface area contributed by atoms with E-state index >= 15 is 0 Å². The third-order valence-corrected chi connectivity index (χ3v) is 3.84. The summed E-state index contributed by atoms with van der Waals surface area (Å²) in [6.45, 7) is 1.55. The normalized spacial score (nSPS) is 11.1. The number of imidazole rings is 2. The van der Waals surface area contributed by atoms with E-state index in [1.807, 2.05) is 30.7 Å². The molecule has 0 aliphatic rings. The largest absolute Gasteiger partial charge is 0.348 e. The summed E-state index contributed by atoms with van der Waals surface area (Å²) >= 11 is 0. The van der Waals surface area contributed by atoms with E-state index in [1.54, 1.807) is 6.20 Å². The van der Waals surface area contributed by atoms with Gasteiger partial charge in [0, 0.05) is 24.6 Å². The molecule has 0 amide bonds. The number of benzene rings is 2. The zero-order valence-corrected chi connectivity index (χ0v) is 12.6. The lowest BCUT2D eigenvalue weighted by atomic mass is 10.2. The summed E-state index contributed by atoms with van der Waals surface area (Å²) in [7, 11) is 0. The van der Waals surface area contributed by atoms with E-state index in [-0.39, 0.29) is 0 Å². The summed E-state index contributed by atoms with van der Waals surface area (Å²) in [5.74, 6) is 0.950. The molecule has 2 aromatic heterocycles. The summed E-state index contributed by atoms with van der Waals surface area (Å²) in [6.07, 6.45) is 5.47. The highest BCUT2D eigenvalue weighted by atomic mass is 15.0. The topological polar surface area (TPSA) is 58.5 Å². The first-order valence-corrected chi connectivity index (χ1v) is 7.60. The first kappa shape index (κ1) is 13.7. The predicted octanol–water partition coefficient (Wildman–Crippen LogP) is 3.04. The molecule has 0 atom stereocenters. The van der Waals surface area contributed by atoms with E-state index in [4.69, 9.17) is 0 Å². The van der Waals surface area contributed by atoms with E-state index in [0.29, 0.717) is 0 Å². The molecule has 2 N–H and O–H groups in total. The maximum atomic E-state index is 4.44. The van der Waals surface area contributed by atoms with E-state index < -0.39 is 0 Å². The van der Waals surface area contributed by atoms with Gasteiger partial charge in [-0.05, 0) is 29.8 Å². The van der Waals surface area contributed by atoms with Crippen molar-refractivity contribution in [2.45, 2.75) is 13.1 Å². The molecule has 0 spiro atoms. The molecular formula is C18H17N5. The van der Waals surface area contributed by atoms with Crippen LogP contribution in [0.4, 0.5) is 0 Å². The minimum absolute atomic E-state index is 0.737. The molecule has 4 rings (SSSR count). The Morgan fingerprint density at radius 2 is 1.83 bits per heavy atom. The molecule has 0 radical (unpaired) electrons. The summed E-state index contributed by atoms with van der Waals surface area (Å²) in [5, 5.41) is 3.38.